The molecule has 0 spiro atoms. The maximum atomic E-state index is 13.6. The Hall–Kier alpha value is -2.31. The van der Waals surface area contributed by atoms with Crippen LogP contribution < -0.4 is 14.8 Å². The average molecular weight is 473 g/mol. The minimum atomic E-state index is -0.166. The van der Waals surface area contributed by atoms with E-state index in [0.29, 0.717) is 27.3 Å². The van der Waals surface area contributed by atoms with Gasteiger partial charge in [-0.05, 0) is 48.6 Å². The van der Waals surface area contributed by atoms with Gasteiger partial charge < -0.3 is 19.7 Å². The number of para-hydroxylation sites is 1. The van der Waals surface area contributed by atoms with E-state index in [1.54, 1.807) is 32.0 Å². The molecule has 1 amide bonds. The Morgan fingerprint density at radius 3 is 2.47 bits per heavy atom. The van der Waals surface area contributed by atoms with Gasteiger partial charge in [0.1, 0.15) is 0 Å². The van der Waals surface area contributed by atoms with Crippen LogP contribution in [0.5, 0.6) is 11.5 Å². The highest BCUT2D eigenvalue weighted by Gasteiger charge is 2.43. The third-order valence-electron chi connectivity index (χ3n) is 6.21. The van der Waals surface area contributed by atoms with Gasteiger partial charge in [-0.1, -0.05) is 61.3 Å². The second-order valence-corrected chi connectivity index (χ2v) is 9.79. The van der Waals surface area contributed by atoms with E-state index in [2.05, 4.69) is 12.2 Å². The van der Waals surface area contributed by atoms with Crippen molar-refractivity contribution in [3.63, 3.8) is 0 Å². The molecule has 2 fully saturated rings. The predicted molar refractivity (Wildman–Crippen MR) is 132 cm³/mol. The summed E-state index contributed by atoms with van der Waals surface area (Å²) in [6.45, 7) is 2.26. The number of nitrogens with one attached hydrogen (secondary N) is 1. The number of amides is 1. The Balaban J connectivity index is 1.68. The number of hydrogen-bond acceptors (Lipinski definition) is 5. The van der Waals surface area contributed by atoms with Crippen molar-refractivity contribution in [1.82, 2.24) is 4.90 Å². The third kappa shape index (κ3) is 4.71. The first-order chi connectivity index (χ1) is 15.5. The molecule has 3 atom stereocenters. The van der Waals surface area contributed by atoms with Crippen LogP contribution in [-0.2, 0) is 4.79 Å². The molecule has 0 aromatic heterocycles. The molecule has 1 aliphatic carbocycles. The van der Waals surface area contributed by atoms with Crippen molar-refractivity contribution in [3.05, 3.63) is 58.0 Å². The number of nitrogens with zero attached hydrogens (tertiary/aromatic N) is 1. The van der Waals surface area contributed by atoms with Gasteiger partial charge in [-0.3, -0.25) is 4.79 Å². The van der Waals surface area contributed by atoms with Gasteiger partial charge in [0.25, 0.3) is 5.91 Å². The van der Waals surface area contributed by atoms with Gasteiger partial charge in [-0.15, -0.1) is 0 Å². The van der Waals surface area contributed by atoms with E-state index < -0.39 is 0 Å². The fourth-order valence-electron chi connectivity index (χ4n) is 4.49. The molecule has 4 rings (SSSR count). The number of ether oxygens (including phenoxy) is 2. The molecule has 32 heavy (non-hydrogen) atoms. The standard InChI is InChI=1S/C25H29ClN2O3S/c1-16-9-7-8-12-20(16)28-24(29)23(32-25(28)27-18-10-5-4-6-11-18)14-17-13-21(30-2)22(31-3)15-19(17)26/h4-6,10-11,13-16,20,25,27H,7-9,12H2,1-3H3/b23-14-/t16-,20+,25?/m0/s1. The van der Waals surface area contributed by atoms with E-state index in [4.69, 9.17) is 21.1 Å². The molecule has 0 bridgehead atoms. The van der Waals surface area contributed by atoms with Gasteiger partial charge in [0, 0.05) is 17.8 Å². The zero-order valence-corrected chi connectivity index (χ0v) is 20.2. The number of rotatable bonds is 6. The minimum absolute atomic E-state index is 0.0491. The van der Waals surface area contributed by atoms with Crippen LogP contribution in [0.25, 0.3) is 6.08 Å². The average Bonchev–Trinajstić information content (AvgIpc) is 3.10. The highest BCUT2D eigenvalue weighted by atomic mass is 35.5. The van der Waals surface area contributed by atoms with Crippen LogP contribution in [0, 0.1) is 5.92 Å². The summed E-state index contributed by atoms with van der Waals surface area (Å²) < 4.78 is 10.8. The van der Waals surface area contributed by atoms with Gasteiger partial charge in [0.05, 0.1) is 24.1 Å². The first-order valence-corrected chi connectivity index (χ1v) is 12.2. The van der Waals surface area contributed by atoms with E-state index in [0.717, 1.165) is 30.5 Å². The lowest BCUT2D eigenvalue weighted by Crippen LogP contribution is -2.48. The third-order valence-corrected chi connectivity index (χ3v) is 7.66. The highest BCUT2D eigenvalue weighted by molar-refractivity contribution is 8.05. The van der Waals surface area contributed by atoms with Gasteiger partial charge >= 0.3 is 0 Å². The van der Waals surface area contributed by atoms with E-state index in [9.17, 15) is 4.79 Å². The van der Waals surface area contributed by atoms with E-state index in [1.165, 1.54) is 6.42 Å². The zero-order chi connectivity index (χ0) is 22.7. The van der Waals surface area contributed by atoms with Crippen LogP contribution in [0.4, 0.5) is 5.69 Å². The molecule has 1 saturated carbocycles. The van der Waals surface area contributed by atoms with Crippen LogP contribution in [0.1, 0.15) is 38.2 Å². The molecule has 170 valence electrons. The summed E-state index contributed by atoms with van der Waals surface area (Å²) in [5, 5.41) is 4.07. The van der Waals surface area contributed by atoms with Crippen molar-refractivity contribution < 1.29 is 14.3 Å². The van der Waals surface area contributed by atoms with Gasteiger partial charge in [0.15, 0.2) is 17.0 Å². The second-order valence-electron chi connectivity index (χ2n) is 8.26. The molecule has 2 aromatic rings. The predicted octanol–water partition coefficient (Wildman–Crippen LogP) is 6.25. The molecule has 1 unspecified atom stereocenters. The summed E-state index contributed by atoms with van der Waals surface area (Å²) >= 11 is 8.05. The normalized spacial score (nSPS) is 24.6. The number of anilines is 1. The zero-order valence-electron chi connectivity index (χ0n) is 18.6. The van der Waals surface area contributed by atoms with Gasteiger partial charge in [-0.2, -0.15) is 0 Å². The van der Waals surface area contributed by atoms with Crippen molar-refractivity contribution in [2.24, 2.45) is 5.92 Å². The molecule has 2 aromatic carbocycles. The molecular weight excluding hydrogens is 444 g/mol. The molecule has 1 heterocycles. The lowest BCUT2D eigenvalue weighted by atomic mass is 9.85. The Morgan fingerprint density at radius 2 is 1.78 bits per heavy atom. The maximum Gasteiger partial charge on any atom is 0.262 e. The summed E-state index contributed by atoms with van der Waals surface area (Å²) in [7, 11) is 3.16. The number of halogens is 1. The SMILES string of the molecule is COc1cc(Cl)c(/C=C2\SC(Nc3ccccc3)N([C@@H]3CCCC[C@@H]3C)C2=O)cc1OC. The number of carbonyl (C=O) groups is 1. The molecule has 2 aliphatic rings. The smallest absolute Gasteiger partial charge is 0.262 e. The number of benzene rings is 2. The number of carbonyl (C=O) groups excluding carboxylic acids is 1. The van der Waals surface area contributed by atoms with Gasteiger partial charge in [-0.25, -0.2) is 0 Å². The second kappa shape index (κ2) is 10.1. The van der Waals surface area contributed by atoms with Crippen molar-refractivity contribution in [1.29, 1.82) is 0 Å². The number of methoxy groups -OCH3 is 2. The first-order valence-electron chi connectivity index (χ1n) is 11.0. The molecule has 5 nitrogen and oxygen atoms in total. The van der Waals surface area contributed by atoms with Crippen molar-refractivity contribution >= 4 is 41.0 Å². The van der Waals surface area contributed by atoms with E-state index >= 15 is 0 Å². The molecule has 1 N–H and O–H groups in total. The Morgan fingerprint density at radius 1 is 1.09 bits per heavy atom. The lowest BCUT2D eigenvalue weighted by molar-refractivity contribution is -0.129. The molecule has 1 saturated heterocycles. The number of hydrogen-bond donors (Lipinski definition) is 1. The molecular formula is C25H29ClN2O3S. The fraction of sp³-hybridized carbons (Fsp3) is 0.400. The summed E-state index contributed by atoms with van der Waals surface area (Å²) in [5.41, 5.74) is 1.56. The van der Waals surface area contributed by atoms with Crippen LogP contribution in [0.2, 0.25) is 5.02 Å². The minimum Gasteiger partial charge on any atom is -0.493 e. The Kier molecular flexibility index (Phi) is 7.21. The van der Waals surface area contributed by atoms with Gasteiger partial charge in [0.2, 0.25) is 0 Å². The maximum absolute atomic E-state index is 13.6. The molecule has 1 aliphatic heterocycles. The van der Waals surface area contributed by atoms with Crippen LogP contribution >= 0.6 is 23.4 Å². The fourth-order valence-corrected chi connectivity index (χ4v) is 5.90. The lowest BCUT2D eigenvalue weighted by Gasteiger charge is -2.39. The van der Waals surface area contributed by atoms with E-state index in [-0.39, 0.29) is 17.4 Å². The largest absolute Gasteiger partial charge is 0.493 e. The van der Waals surface area contributed by atoms with Crippen LogP contribution in [0.15, 0.2) is 47.4 Å². The van der Waals surface area contributed by atoms with Crippen LogP contribution in [0.3, 0.4) is 0 Å². The first kappa shape index (κ1) is 22.9. The quantitative estimate of drug-likeness (QED) is 0.503. The van der Waals surface area contributed by atoms with E-state index in [1.807, 2.05) is 47.4 Å². The highest BCUT2D eigenvalue weighted by Crippen LogP contribution is 2.43. The van der Waals surface area contributed by atoms with Crippen LogP contribution in [-0.4, -0.2) is 36.6 Å². The van der Waals surface area contributed by atoms with Crippen molar-refractivity contribution in [2.45, 2.75) is 44.1 Å². The summed E-state index contributed by atoms with van der Waals surface area (Å²) in [6, 6.07) is 13.8. The van der Waals surface area contributed by atoms with Crippen molar-refractivity contribution in [3.8, 4) is 11.5 Å². The summed E-state index contributed by atoms with van der Waals surface area (Å²) in [4.78, 5) is 16.4. The topological polar surface area (TPSA) is 50.8 Å². The Labute approximate surface area is 199 Å². The van der Waals surface area contributed by atoms with Crippen molar-refractivity contribution in [2.75, 3.05) is 19.5 Å². The monoisotopic (exact) mass is 472 g/mol. The summed E-state index contributed by atoms with van der Waals surface area (Å²) in [6.07, 6.45) is 6.43. The summed E-state index contributed by atoms with van der Waals surface area (Å²) in [5.74, 6) is 1.66. The number of thioether (sulfide) groups is 1. The Bertz CT molecular complexity index is 998. The molecule has 0 radical (unpaired) electrons. The molecule has 7 heteroatoms.